The van der Waals surface area contributed by atoms with Crippen LogP contribution < -0.4 is 14.8 Å². The van der Waals surface area contributed by atoms with Gasteiger partial charge in [0.05, 0.1) is 0 Å². The highest BCUT2D eigenvalue weighted by Crippen LogP contribution is 2.32. The van der Waals surface area contributed by atoms with E-state index in [-0.39, 0.29) is 18.6 Å². The second-order valence-corrected chi connectivity index (χ2v) is 7.74. The van der Waals surface area contributed by atoms with Crippen LogP contribution in [0.3, 0.4) is 0 Å². The van der Waals surface area contributed by atoms with E-state index in [4.69, 9.17) is 21.1 Å². The van der Waals surface area contributed by atoms with E-state index in [1.807, 2.05) is 37.3 Å². The Balaban J connectivity index is 1.69. The molecule has 0 aliphatic carbocycles. The number of nitrogens with one attached hydrogen (secondary N) is 1. The summed E-state index contributed by atoms with van der Waals surface area (Å²) >= 11 is 5.97. The van der Waals surface area contributed by atoms with Gasteiger partial charge in [0.1, 0.15) is 6.04 Å². The molecule has 1 atom stereocenters. The Labute approximate surface area is 182 Å². The Kier molecular flexibility index (Phi) is 7.57. The summed E-state index contributed by atoms with van der Waals surface area (Å²) in [5, 5.41) is 3.51. The van der Waals surface area contributed by atoms with Gasteiger partial charge in [-0.3, -0.25) is 9.59 Å². The van der Waals surface area contributed by atoms with Crippen molar-refractivity contribution in [2.24, 2.45) is 0 Å². The second-order valence-electron chi connectivity index (χ2n) is 7.30. The van der Waals surface area contributed by atoms with Crippen molar-refractivity contribution in [2.45, 2.75) is 45.7 Å². The van der Waals surface area contributed by atoms with Gasteiger partial charge >= 0.3 is 0 Å². The molecule has 160 valence electrons. The Hall–Kier alpha value is -2.73. The molecule has 3 rings (SSSR count). The maximum absolute atomic E-state index is 13.1. The van der Waals surface area contributed by atoms with Gasteiger partial charge in [-0.1, -0.05) is 36.7 Å². The van der Waals surface area contributed by atoms with Crippen LogP contribution in [0.15, 0.2) is 42.5 Å². The lowest BCUT2D eigenvalue weighted by Crippen LogP contribution is -2.47. The molecule has 30 heavy (non-hydrogen) atoms. The molecule has 0 unspecified atom stereocenters. The van der Waals surface area contributed by atoms with E-state index in [1.165, 1.54) is 0 Å². The zero-order valence-electron chi connectivity index (χ0n) is 17.3. The number of rotatable bonds is 9. The minimum atomic E-state index is -0.573. The van der Waals surface area contributed by atoms with Crippen LogP contribution in [0.1, 0.15) is 37.8 Å². The summed E-state index contributed by atoms with van der Waals surface area (Å²) in [5.74, 6) is 1.19. The zero-order chi connectivity index (χ0) is 21.5. The Morgan fingerprint density at radius 1 is 1.10 bits per heavy atom. The number of nitrogens with zero attached hydrogens (tertiary/aromatic N) is 1. The number of ether oxygens (including phenoxy) is 2. The van der Waals surface area contributed by atoms with E-state index in [0.29, 0.717) is 36.7 Å². The van der Waals surface area contributed by atoms with Crippen LogP contribution in [0.25, 0.3) is 0 Å². The highest BCUT2D eigenvalue weighted by molar-refractivity contribution is 6.30. The molecular weight excluding hydrogens is 404 g/mol. The summed E-state index contributed by atoms with van der Waals surface area (Å²) in [6.45, 7) is 4.91. The Morgan fingerprint density at radius 3 is 2.53 bits per heavy atom. The predicted molar refractivity (Wildman–Crippen MR) is 116 cm³/mol. The van der Waals surface area contributed by atoms with Crippen LogP contribution >= 0.6 is 11.6 Å². The zero-order valence-corrected chi connectivity index (χ0v) is 18.1. The van der Waals surface area contributed by atoms with Gasteiger partial charge in [-0.05, 0) is 55.2 Å². The van der Waals surface area contributed by atoms with Crippen LogP contribution in [-0.4, -0.2) is 36.1 Å². The molecule has 0 aromatic heterocycles. The van der Waals surface area contributed by atoms with E-state index in [0.717, 1.165) is 23.3 Å². The van der Waals surface area contributed by atoms with Crippen molar-refractivity contribution in [2.75, 3.05) is 13.3 Å². The molecule has 1 heterocycles. The summed E-state index contributed by atoms with van der Waals surface area (Å²) in [7, 11) is 0. The quantitative estimate of drug-likeness (QED) is 0.654. The fourth-order valence-corrected chi connectivity index (χ4v) is 3.38. The molecule has 1 aliphatic heterocycles. The van der Waals surface area contributed by atoms with Crippen molar-refractivity contribution >= 4 is 23.4 Å². The van der Waals surface area contributed by atoms with Crippen LogP contribution in [0.5, 0.6) is 11.5 Å². The fourth-order valence-electron chi connectivity index (χ4n) is 3.26. The van der Waals surface area contributed by atoms with Crippen LogP contribution in [0.4, 0.5) is 0 Å². The van der Waals surface area contributed by atoms with Crippen LogP contribution in [0.2, 0.25) is 5.02 Å². The molecule has 2 aromatic rings. The first kappa shape index (κ1) is 22.0. The molecule has 7 heteroatoms. The molecule has 2 amide bonds. The van der Waals surface area contributed by atoms with Gasteiger partial charge in [0.25, 0.3) is 0 Å². The standard InChI is InChI=1S/C23H27ClN2O4/c1-3-12-25-23(28)16(2)26(14-18-4-8-19(24)9-5-18)22(27)11-7-17-6-10-20-21(13-17)30-15-29-20/h4-6,8-10,13,16H,3,7,11-12,14-15H2,1-2H3,(H,25,28)/t16-/m0/s1. The predicted octanol–water partition coefficient (Wildman–Crippen LogP) is 3.94. The van der Waals surface area contributed by atoms with Crippen molar-refractivity contribution < 1.29 is 19.1 Å². The molecule has 0 saturated heterocycles. The number of aryl methyl sites for hydroxylation is 1. The molecule has 0 bridgehead atoms. The van der Waals surface area contributed by atoms with Crippen molar-refractivity contribution in [3.8, 4) is 11.5 Å². The minimum absolute atomic E-state index is 0.0817. The van der Waals surface area contributed by atoms with Gasteiger partial charge in [-0.2, -0.15) is 0 Å². The molecule has 6 nitrogen and oxygen atoms in total. The van der Waals surface area contributed by atoms with E-state index in [2.05, 4.69) is 5.32 Å². The van der Waals surface area contributed by atoms with E-state index >= 15 is 0 Å². The highest BCUT2D eigenvalue weighted by atomic mass is 35.5. The number of carbonyl (C=O) groups excluding carboxylic acids is 2. The van der Waals surface area contributed by atoms with E-state index < -0.39 is 6.04 Å². The van der Waals surface area contributed by atoms with Crippen LogP contribution in [0, 0.1) is 0 Å². The third-order valence-corrected chi connectivity index (χ3v) is 5.30. The van der Waals surface area contributed by atoms with Gasteiger partial charge in [-0.25, -0.2) is 0 Å². The average molecular weight is 431 g/mol. The molecule has 0 fully saturated rings. The first-order valence-corrected chi connectivity index (χ1v) is 10.6. The molecule has 0 saturated carbocycles. The monoisotopic (exact) mass is 430 g/mol. The maximum Gasteiger partial charge on any atom is 0.242 e. The first-order valence-electron chi connectivity index (χ1n) is 10.2. The first-order chi connectivity index (χ1) is 14.5. The minimum Gasteiger partial charge on any atom is -0.454 e. The summed E-state index contributed by atoms with van der Waals surface area (Å²) in [4.78, 5) is 27.3. The summed E-state index contributed by atoms with van der Waals surface area (Å²) < 4.78 is 10.7. The highest BCUT2D eigenvalue weighted by Gasteiger charge is 2.26. The average Bonchev–Trinajstić information content (AvgIpc) is 3.22. The normalized spacial score (nSPS) is 13.0. The number of fused-ring (bicyclic) bond motifs is 1. The number of hydrogen-bond donors (Lipinski definition) is 1. The summed E-state index contributed by atoms with van der Waals surface area (Å²) in [5.41, 5.74) is 1.91. The van der Waals surface area contributed by atoms with E-state index in [9.17, 15) is 9.59 Å². The number of amides is 2. The number of benzene rings is 2. The number of hydrogen-bond acceptors (Lipinski definition) is 4. The van der Waals surface area contributed by atoms with Crippen molar-refractivity contribution in [3.05, 3.63) is 58.6 Å². The van der Waals surface area contributed by atoms with Crippen molar-refractivity contribution in [1.82, 2.24) is 10.2 Å². The topological polar surface area (TPSA) is 67.9 Å². The third-order valence-electron chi connectivity index (χ3n) is 5.05. The lowest BCUT2D eigenvalue weighted by molar-refractivity contribution is -0.140. The number of carbonyl (C=O) groups is 2. The fraction of sp³-hybridized carbons (Fsp3) is 0.391. The van der Waals surface area contributed by atoms with Gasteiger partial charge in [0, 0.05) is 24.5 Å². The van der Waals surface area contributed by atoms with Gasteiger partial charge in [-0.15, -0.1) is 0 Å². The molecule has 1 aliphatic rings. The van der Waals surface area contributed by atoms with Crippen LogP contribution in [-0.2, 0) is 22.6 Å². The smallest absolute Gasteiger partial charge is 0.242 e. The maximum atomic E-state index is 13.1. The van der Waals surface area contributed by atoms with Gasteiger partial charge in [0.15, 0.2) is 11.5 Å². The van der Waals surface area contributed by atoms with Gasteiger partial charge < -0.3 is 19.7 Å². The lowest BCUT2D eigenvalue weighted by atomic mass is 10.1. The van der Waals surface area contributed by atoms with E-state index in [1.54, 1.807) is 24.0 Å². The summed E-state index contributed by atoms with van der Waals surface area (Å²) in [6.07, 6.45) is 1.68. The molecule has 1 N–H and O–H groups in total. The third kappa shape index (κ3) is 5.66. The summed E-state index contributed by atoms with van der Waals surface area (Å²) in [6, 6.07) is 12.4. The Morgan fingerprint density at radius 2 is 1.80 bits per heavy atom. The van der Waals surface area contributed by atoms with Gasteiger partial charge in [0.2, 0.25) is 18.6 Å². The number of halogens is 1. The molecule has 0 radical (unpaired) electrons. The Bertz CT molecular complexity index is 885. The molecular formula is C23H27ClN2O4. The van der Waals surface area contributed by atoms with Crippen molar-refractivity contribution in [3.63, 3.8) is 0 Å². The van der Waals surface area contributed by atoms with Crippen molar-refractivity contribution in [1.29, 1.82) is 0 Å². The molecule has 0 spiro atoms. The lowest BCUT2D eigenvalue weighted by Gasteiger charge is -2.29. The largest absolute Gasteiger partial charge is 0.454 e. The SMILES string of the molecule is CCCNC(=O)[C@H](C)N(Cc1ccc(Cl)cc1)C(=O)CCc1ccc2c(c1)OCO2. The molecule has 2 aromatic carbocycles. The second kappa shape index (κ2) is 10.3.